The van der Waals surface area contributed by atoms with Gasteiger partial charge in [-0.05, 0) is 64.8 Å². The molecule has 0 N–H and O–H groups in total. The molecule has 1 unspecified atom stereocenters. The van der Waals surface area contributed by atoms with Gasteiger partial charge in [0.1, 0.15) is 6.10 Å². The Balaban J connectivity index is 2.14. The number of aryl methyl sites for hydroxylation is 1. The molecule has 0 bridgehead atoms. The average Bonchev–Trinajstić information content (AvgIpc) is 2.66. The van der Waals surface area contributed by atoms with Crippen LogP contribution in [0.1, 0.15) is 45.7 Å². The van der Waals surface area contributed by atoms with Gasteiger partial charge in [0.2, 0.25) is 8.38 Å². The van der Waals surface area contributed by atoms with Gasteiger partial charge in [0, 0.05) is 5.30 Å². The van der Waals surface area contributed by atoms with E-state index in [-0.39, 0.29) is 17.3 Å². The number of benzene rings is 1. The minimum absolute atomic E-state index is 0.0912. The van der Waals surface area contributed by atoms with Gasteiger partial charge >= 0.3 is 0 Å². The molecule has 1 atom stereocenters. The average molecular weight is 338 g/mol. The van der Waals surface area contributed by atoms with Crippen LogP contribution in [0.5, 0.6) is 0 Å². The minimum atomic E-state index is -1.04. The van der Waals surface area contributed by atoms with Crippen LogP contribution in [0.2, 0.25) is 0 Å². The van der Waals surface area contributed by atoms with Crippen LogP contribution in [0.15, 0.2) is 24.3 Å². The van der Waals surface area contributed by atoms with Crippen LogP contribution in [0, 0.1) is 6.92 Å². The second kappa shape index (κ2) is 7.00. The Morgan fingerprint density at radius 2 is 1.74 bits per heavy atom. The molecule has 1 saturated heterocycles. The van der Waals surface area contributed by atoms with E-state index >= 15 is 0 Å². The molecule has 1 heterocycles. The van der Waals surface area contributed by atoms with Crippen LogP contribution >= 0.6 is 8.38 Å². The zero-order valence-electron chi connectivity index (χ0n) is 15.0. The van der Waals surface area contributed by atoms with Gasteiger partial charge in [0.15, 0.2) is 0 Å². The summed E-state index contributed by atoms with van der Waals surface area (Å²) in [5.74, 6) is 0. The number of hydrogen-bond acceptors (Lipinski definition) is 4. The first-order valence-electron chi connectivity index (χ1n) is 7.83. The highest BCUT2D eigenvalue weighted by atomic mass is 31.2. The second-order valence-electron chi connectivity index (χ2n) is 6.83. The molecule has 23 heavy (non-hydrogen) atoms. The van der Waals surface area contributed by atoms with E-state index in [9.17, 15) is 0 Å². The van der Waals surface area contributed by atoms with Gasteiger partial charge in [-0.1, -0.05) is 18.2 Å². The van der Waals surface area contributed by atoms with E-state index in [0.717, 1.165) is 10.9 Å². The Morgan fingerprint density at radius 1 is 1.13 bits per heavy atom. The molecule has 0 saturated carbocycles. The fourth-order valence-corrected chi connectivity index (χ4v) is 4.15. The quantitative estimate of drug-likeness (QED) is 0.449. The van der Waals surface area contributed by atoms with Gasteiger partial charge in [-0.25, -0.2) is 9.78 Å². The monoisotopic (exact) mass is 338 g/mol. The third kappa shape index (κ3) is 4.20. The van der Waals surface area contributed by atoms with Crippen molar-refractivity contribution in [1.29, 1.82) is 0 Å². The molecule has 1 aromatic rings. The van der Waals surface area contributed by atoms with Crippen LogP contribution in [-0.4, -0.2) is 24.4 Å². The van der Waals surface area contributed by atoms with Crippen LogP contribution < -0.4 is 5.30 Å². The standard InChI is InChI=1S/C18H27O4P/c1-13-12-16(23-21-17(3,4)18(5,6)22-23)11-10-15(13)9-8-14(2)20-19-7/h8-12,14H,1-7H3/b9-8+. The largest absolute Gasteiger partial charge is 0.321 e. The summed E-state index contributed by atoms with van der Waals surface area (Å²) in [6.07, 6.45) is 3.91. The molecule has 1 aliphatic heterocycles. The van der Waals surface area contributed by atoms with Crippen molar-refractivity contribution < 1.29 is 18.8 Å². The molecule has 0 amide bonds. The first-order valence-corrected chi connectivity index (χ1v) is 9.01. The highest BCUT2D eigenvalue weighted by Gasteiger charge is 2.50. The molecular formula is C18H27O4P. The summed E-state index contributed by atoms with van der Waals surface area (Å²) in [4.78, 5) is 9.70. The van der Waals surface area contributed by atoms with Crippen LogP contribution in [-0.2, 0) is 18.8 Å². The van der Waals surface area contributed by atoms with Crippen molar-refractivity contribution in [2.24, 2.45) is 0 Å². The molecular weight excluding hydrogens is 311 g/mol. The smallest absolute Gasteiger partial charge is 0.206 e. The van der Waals surface area contributed by atoms with Crippen LogP contribution in [0.4, 0.5) is 0 Å². The first kappa shape index (κ1) is 18.6. The fourth-order valence-electron chi connectivity index (χ4n) is 2.14. The lowest BCUT2D eigenvalue weighted by Crippen LogP contribution is -2.41. The van der Waals surface area contributed by atoms with Gasteiger partial charge < -0.3 is 9.05 Å². The van der Waals surface area contributed by atoms with E-state index in [4.69, 9.17) is 13.9 Å². The highest BCUT2D eigenvalue weighted by molar-refractivity contribution is 7.56. The van der Waals surface area contributed by atoms with Crippen molar-refractivity contribution in [3.63, 3.8) is 0 Å². The van der Waals surface area contributed by atoms with Crippen molar-refractivity contribution in [3.05, 3.63) is 35.4 Å². The molecule has 4 nitrogen and oxygen atoms in total. The highest BCUT2D eigenvalue weighted by Crippen LogP contribution is 2.57. The first-order chi connectivity index (χ1) is 10.7. The summed E-state index contributed by atoms with van der Waals surface area (Å²) in [7, 11) is 0.470. The lowest BCUT2D eigenvalue weighted by molar-refractivity contribution is -0.289. The topological polar surface area (TPSA) is 36.9 Å². The van der Waals surface area contributed by atoms with E-state index in [2.05, 4.69) is 57.7 Å². The molecule has 1 aliphatic rings. The van der Waals surface area contributed by atoms with E-state index in [0.29, 0.717) is 0 Å². The van der Waals surface area contributed by atoms with Gasteiger partial charge in [-0.15, -0.1) is 0 Å². The molecule has 0 aromatic heterocycles. The normalized spacial score (nSPS) is 21.9. The summed E-state index contributed by atoms with van der Waals surface area (Å²) in [5, 5.41) is 1.11. The molecule has 2 rings (SSSR count). The Hall–Kier alpha value is -0.770. The molecule has 128 valence electrons. The fraction of sp³-hybridized carbons (Fsp3) is 0.556. The zero-order valence-corrected chi connectivity index (χ0v) is 15.9. The Labute approximate surface area is 140 Å². The summed E-state index contributed by atoms with van der Waals surface area (Å²) >= 11 is 0. The Bertz CT molecular complexity index is 564. The molecule has 1 fully saturated rings. The van der Waals surface area contributed by atoms with E-state index < -0.39 is 8.38 Å². The Morgan fingerprint density at radius 3 is 2.26 bits per heavy atom. The number of rotatable bonds is 5. The zero-order chi connectivity index (χ0) is 17.3. The van der Waals surface area contributed by atoms with E-state index in [1.807, 2.05) is 19.1 Å². The molecule has 0 aliphatic carbocycles. The lowest BCUT2D eigenvalue weighted by Gasteiger charge is -2.29. The molecule has 0 radical (unpaired) electrons. The number of hydrogen-bond donors (Lipinski definition) is 0. The van der Waals surface area contributed by atoms with Crippen molar-refractivity contribution in [1.82, 2.24) is 0 Å². The van der Waals surface area contributed by atoms with Crippen molar-refractivity contribution in [2.75, 3.05) is 7.11 Å². The third-order valence-electron chi connectivity index (χ3n) is 4.33. The lowest BCUT2D eigenvalue weighted by atomic mass is 9.90. The SMILES string of the molecule is COOC(C)/C=C/c1ccc(P2OC(C)(C)C(C)(C)O2)cc1C. The Kier molecular flexibility index (Phi) is 5.65. The van der Waals surface area contributed by atoms with Crippen LogP contribution in [0.3, 0.4) is 0 Å². The summed E-state index contributed by atoms with van der Waals surface area (Å²) in [6, 6.07) is 6.32. The van der Waals surface area contributed by atoms with Crippen molar-refractivity contribution in [2.45, 2.75) is 58.8 Å². The maximum Gasteiger partial charge on any atom is 0.206 e. The van der Waals surface area contributed by atoms with E-state index in [1.54, 1.807) is 0 Å². The van der Waals surface area contributed by atoms with E-state index in [1.165, 1.54) is 12.7 Å². The third-order valence-corrected chi connectivity index (χ3v) is 6.28. The molecule has 0 spiro atoms. The summed E-state index contributed by atoms with van der Waals surface area (Å²) in [6.45, 7) is 12.3. The second-order valence-corrected chi connectivity index (χ2v) is 8.22. The van der Waals surface area contributed by atoms with Crippen LogP contribution in [0.25, 0.3) is 6.08 Å². The maximum absolute atomic E-state index is 6.16. The summed E-state index contributed by atoms with van der Waals surface area (Å²) < 4.78 is 12.3. The predicted molar refractivity (Wildman–Crippen MR) is 94.7 cm³/mol. The van der Waals surface area contributed by atoms with Crippen molar-refractivity contribution in [3.8, 4) is 0 Å². The molecule has 1 aromatic carbocycles. The molecule has 5 heteroatoms. The predicted octanol–water partition coefficient (Wildman–Crippen LogP) is 4.52. The van der Waals surface area contributed by atoms with Gasteiger partial charge in [-0.3, -0.25) is 0 Å². The van der Waals surface area contributed by atoms with Crippen molar-refractivity contribution >= 4 is 19.8 Å². The van der Waals surface area contributed by atoms with Gasteiger partial charge in [0.05, 0.1) is 18.3 Å². The van der Waals surface area contributed by atoms with Gasteiger partial charge in [0.25, 0.3) is 0 Å². The van der Waals surface area contributed by atoms with Gasteiger partial charge in [-0.2, -0.15) is 0 Å². The minimum Gasteiger partial charge on any atom is -0.321 e. The maximum atomic E-state index is 6.16. The summed E-state index contributed by atoms with van der Waals surface area (Å²) in [5.41, 5.74) is 1.74.